The van der Waals surface area contributed by atoms with Gasteiger partial charge in [-0.1, -0.05) is 6.92 Å². The molecule has 1 aliphatic heterocycles. The first kappa shape index (κ1) is 11.3. The van der Waals surface area contributed by atoms with Gasteiger partial charge in [0.2, 0.25) is 0 Å². The van der Waals surface area contributed by atoms with Gasteiger partial charge in [0.25, 0.3) is 0 Å². The molecule has 16 heavy (non-hydrogen) atoms. The molecule has 0 saturated carbocycles. The minimum Gasteiger partial charge on any atom is -0.497 e. The fraction of sp³-hybridized carbons (Fsp3) is 0.538. The summed E-state index contributed by atoms with van der Waals surface area (Å²) in [6.07, 6.45) is 1.18. The van der Waals surface area contributed by atoms with Crippen LogP contribution in [0.2, 0.25) is 0 Å². The first-order valence-electron chi connectivity index (χ1n) is 5.96. The molecule has 1 aromatic rings. The number of nitrogens with zero attached hydrogens (tertiary/aromatic N) is 1. The number of methoxy groups -OCH3 is 1. The van der Waals surface area contributed by atoms with Crippen LogP contribution in [0.3, 0.4) is 0 Å². The maximum atomic E-state index is 5.18. The number of rotatable bonds is 3. The highest BCUT2D eigenvalue weighted by molar-refractivity contribution is 5.50. The van der Waals surface area contributed by atoms with Crippen molar-refractivity contribution in [3.05, 3.63) is 24.3 Å². The summed E-state index contributed by atoms with van der Waals surface area (Å²) in [5.41, 5.74) is 1.30. The SMILES string of the molecule is CCC1CNCCN1c1ccc(OC)cc1. The van der Waals surface area contributed by atoms with Gasteiger partial charge in [-0.05, 0) is 30.7 Å². The van der Waals surface area contributed by atoms with E-state index in [1.807, 2.05) is 12.1 Å². The van der Waals surface area contributed by atoms with E-state index in [1.54, 1.807) is 7.11 Å². The summed E-state index contributed by atoms with van der Waals surface area (Å²) in [5.74, 6) is 0.923. The molecule has 3 nitrogen and oxygen atoms in total. The van der Waals surface area contributed by atoms with Crippen LogP contribution in [0.15, 0.2) is 24.3 Å². The monoisotopic (exact) mass is 220 g/mol. The number of piperazine rings is 1. The van der Waals surface area contributed by atoms with Gasteiger partial charge in [0.05, 0.1) is 7.11 Å². The van der Waals surface area contributed by atoms with E-state index >= 15 is 0 Å². The molecule has 1 saturated heterocycles. The molecule has 1 heterocycles. The Morgan fingerprint density at radius 1 is 1.38 bits per heavy atom. The minimum atomic E-state index is 0.613. The highest BCUT2D eigenvalue weighted by Crippen LogP contribution is 2.22. The van der Waals surface area contributed by atoms with Crippen LogP contribution in [0.25, 0.3) is 0 Å². The van der Waals surface area contributed by atoms with Crippen molar-refractivity contribution in [2.45, 2.75) is 19.4 Å². The Balaban J connectivity index is 2.14. The van der Waals surface area contributed by atoms with Crippen molar-refractivity contribution in [1.29, 1.82) is 0 Å². The maximum absolute atomic E-state index is 5.18. The van der Waals surface area contributed by atoms with Crippen LogP contribution in [0.5, 0.6) is 5.75 Å². The molecule has 88 valence electrons. The zero-order valence-corrected chi connectivity index (χ0v) is 10.1. The average Bonchev–Trinajstić information content (AvgIpc) is 2.39. The van der Waals surface area contributed by atoms with Gasteiger partial charge in [0, 0.05) is 31.4 Å². The minimum absolute atomic E-state index is 0.613. The molecule has 0 bridgehead atoms. The van der Waals surface area contributed by atoms with Crippen molar-refractivity contribution < 1.29 is 4.74 Å². The lowest BCUT2D eigenvalue weighted by molar-refractivity contribution is 0.414. The van der Waals surface area contributed by atoms with Crippen LogP contribution in [0.1, 0.15) is 13.3 Å². The Kier molecular flexibility index (Phi) is 3.67. The Morgan fingerprint density at radius 2 is 2.12 bits per heavy atom. The summed E-state index contributed by atoms with van der Waals surface area (Å²) >= 11 is 0. The van der Waals surface area contributed by atoms with Crippen molar-refractivity contribution in [3.63, 3.8) is 0 Å². The molecule has 0 amide bonds. The van der Waals surface area contributed by atoms with E-state index in [2.05, 4.69) is 29.3 Å². The molecule has 0 radical (unpaired) electrons. The molecule has 2 rings (SSSR count). The molecule has 1 unspecified atom stereocenters. The van der Waals surface area contributed by atoms with Crippen LogP contribution < -0.4 is 15.0 Å². The molecule has 1 aromatic carbocycles. The summed E-state index contributed by atoms with van der Waals surface area (Å²) in [6.45, 7) is 5.49. The number of nitrogens with one attached hydrogen (secondary N) is 1. The summed E-state index contributed by atoms with van der Waals surface area (Å²) < 4.78 is 5.18. The highest BCUT2D eigenvalue weighted by Gasteiger charge is 2.20. The number of ether oxygens (including phenoxy) is 1. The summed E-state index contributed by atoms with van der Waals surface area (Å²) in [5, 5.41) is 3.44. The second-order valence-corrected chi connectivity index (χ2v) is 4.16. The fourth-order valence-electron chi connectivity index (χ4n) is 2.24. The van der Waals surface area contributed by atoms with Gasteiger partial charge >= 0.3 is 0 Å². The fourth-order valence-corrected chi connectivity index (χ4v) is 2.24. The van der Waals surface area contributed by atoms with E-state index in [0.29, 0.717) is 6.04 Å². The summed E-state index contributed by atoms with van der Waals surface area (Å²) in [6, 6.07) is 8.97. The predicted octanol–water partition coefficient (Wildman–Crippen LogP) is 1.88. The maximum Gasteiger partial charge on any atom is 0.119 e. The van der Waals surface area contributed by atoms with E-state index < -0.39 is 0 Å². The average molecular weight is 220 g/mol. The molecule has 1 fully saturated rings. The van der Waals surface area contributed by atoms with E-state index in [0.717, 1.165) is 25.4 Å². The molecule has 0 spiro atoms. The van der Waals surface area contributed by atoms with Crippen LogP contribution in [0, 0.1) is 0 Å². The quantitative estimate of drug-likeness (QED) is 0.842. The van der Waals surface area contributed by atoms with E-state index in [-0.39, 0.29) is 0 Å². The molecular formula is C13H20N2O. The smallest absolute Gasteiger partial charge is 0.119 e. The van der Waals surface area contributed by atoms with Gasteiger partial charge in [0.15, 0.2) is 0 Å². The van der Waals surface area contributed by atoms with E-state index in [4.69, 9.17) is 4.74 Å². The van der Waals surface area contributed by atoms with Crippen molar-refractivity contribution in [2.75, 3.05) is 31.6 Å². The van der Waals surface area contributed by atoms with Crippen LogP contribution in [0.4, 0.5) is 5.69 Å². The second-order valence-electron chi connectivity index (χ2n) is 4.16. The number of hydrogen-bond donors (Lipinski definition) is 1. The van der Waals surface area contributed by atoms with Crippen molar-refractivity contribution in [2.24, 2.45) is 0 Å². The third-order valence-corrected chi connectivity index (χ3v) is 3.23. The predicted molar refractivity (Wildman–Crippen MR) is 67.3 cm³/mol. The molecule has 1 N–H and O–H groups in total. The zero-order valence-electron chi connectivity index (χ0n) is 10.1. The largest absolute Gasteiger partial charge is 0.497 e. The van der Waals surface area contributed by atoms with E-state index in [1.165, 1.54) is 12.1 Å². The summed E-state index contributed by atoms with van der Waals surface area (Å²) in [4.78, 5) is 2.48. The lowest BCUT2D eigenvalue weighted by Crippen LogP contribution is -2.51. The Bertz CT molecular complexity index is 323. The lowest BCUT2D eigenvalue weighted by Gasteiger charge is -2.37. The standard InChI is InChI=1S/C13H20N2O/c1-3-11-10-14-8-9-15(11)12-4-6-13(16-2)7-5-12/h4-7,11,14H,3,8-10H2,1-2H3. The molecule has 1 atom stereocenters. The van der Waals surface area contributed by atoms with Gasteiger partial charge in [-0.15, -0.1) is 0 Å². The summed E-state index contributed by atoms with van der Waals surface area (Å²) in [7, 11) is 1.70. The van der Waals surface area contributed by atoms with Gasteiger partial charge in [-0.2, -0.15) is 0 Å². The van der Waals surface area contributed by atoms with E-state index in [9.17, 15) is 0 Å². The highest BCUT2D eigenvalue weighted by atomic mass is 16.5. The third-order valence-electron chi connectivity index (χ3n) is 3.23. The molecular weight excluding hydrogens is 200 g/mol. The second kappa shape index (κ2) is 5.21. The van der Waals surface area contributed by atoms with Crippen molar-refractivity contribution in [3.8, 4) is 5.75 Å². The third kappa shape index (κ3) is 2.30. The first-order valence-corrected chi connectivity index (χ1v) is 5.96. The van der Waals surface area contributed by atoms with Crippen molar-refractivity contribution >= 4 is 5.69 Å². The Hall–Kier alpha value is -1.22. The van der Waals surface area contributed by atoms with Gasteiger partial charge < -0.3 is 15.0 Å². The van der Waals surface area contributed by atoms with Gasteiger partial charge in [-0.25, -0.2) is 0 Å². The number of benzene rings is 1. The van der Waals surface area contributed by atoms with Crippen molar-refractivity contribution in [1.82, 2.24) is 5.32 Å². The molecule has 1 aliphatic rings. The van der Waals surface area contributed by atoms with Crippen LogP contribution >= 0.6 is 0 Å². The van der Waals surface area contributed by atoms with Gasteiger partial charge in [0.1, 0.15) is 5.75 Å². The lowest BCUT2D eigenvalue weighted by atomic mass is 10.1. The topological polar surface area (TPSA) is 24.5 Å². The Labute approximate surface area is 97.4 Å². The molecule has 0 aliphatic carbocycles. The molecule has 3 heteroatoms. The molecule has 0 aromatic heterocycles. The van der Waals surface area contributed by atoms with Gasteiger partial charge in [-0.3, -0.25) is 0 Å². The Morgan fingerprint density at radius 3 is 2.75 bits per heavy atom. The number of hydrogen-bond acceptors (Lipinski definition) is 3. The zero-order chi connectivity index (χ0) is 11.4. The first-order chi connectivity index (χ1) is 7.85. The van der Waals surface area contributed by atoms with Crippen LogP contribution in [-0.4, -0.2) is 32.8 Å². The van der Waals surface area contributed by atoms with Crippen LogP contribution in [-0.2, 0) is 0 Å². The number of anilines is 1. The normalized spacial score (nSPS) is 20.9.